The van der Waals surface area contributed by atoms with Gasteiger partial charge in [0.2, 0.25) is 0 Å². The molecule has 0 rings (SSSR count). The molecule has 0 aliphatic carbocycles. The average molecular weight is 354 g/mol. The summed E-state index contributed by atoms with van der Waals surface area (Å²) in [5.41, 5.74) is 0. The Kier molecular flexibility index (Phi) is 10.3. The number of carbonyl (C=O) groups is 1. The third-order valence-electron chi connectivity index (χ3n) is 2.98. The zero-order valence-corrected chi connectivity index (χ0v) is 14.4. The van der Waals surface area contributed by atoms with Crippen LogP contribution in [0, 0.1) is 0 Å². The molecular formula is C20H30O5. The topological polar surface area (TPSA) is 98.0 Å². The van der Waals surface area contributed by atoms with Crippen molar-refractivity contribution < 1.29 is 30.7 Å². The van der Waals surface area contributed by atoms with E-state index in [1.165, 1.54) is 36.5 Å². The van der Waals surface area contributed by atoms with E-state index >= 15 is 0 Å². The first kappa shape index (κ1) is 16.5. The van der Waals surface area contributed by atoms with E-state index in [1.807, 2.05) is 0 Å². The van der Waals surface area contributed by atoms with Gasteiger partial charge in [0.15, 0.2) is 0 Å². The van der Waals surface area contributed by atoms with Gasteiger partial charge in [-0.25, -0.2) is 0 Å². The smallest absolute Gasteiger partial charge is 0.303 e. The molecule has 0 aromatic heterocycles. The second kappa shape index (κ2) is 15.6. The highest BCUT2D eigenvalue weighted by atomic mass is 16.4. The van der Waals surface area contributed by atoms with E-state index in [9.17, 15) is 20.1 Å². The lowest BCUT2D eigenvalue weighted by molar-refractivity contribution is -0.137. The Labute approximate surface area is 155 Å². The third kappa shape index (κ3) is 16.7. The average Bonchev–Trinajstić information content (AvgIpc) is 2.67. The van der Waals surface area contributed by atoms with Crippen molar-refractivity contribution >= 4 is 5.97 Å². The van der Waals surface area contributed by atoms with Gasteiger partial charge in [-0.3, -0.25) is 4.79 Å². The minimum absolute atomic E-state index is 0.0771. The van der Waals surface area contributed by atoms with Crippen LogP contribution in [0.25, 0.3) is 0 Å². The van der Waals surface area contributed by atoms with Gasteiger partial charge in [-0.2, -0.15) is 0 Å². The standard InChI is InChI=1S/C20H30O5/c1-2-17(21)11-8-5-9-14-18(22)12-6-3-4-7-13-19(23)15-10-16-20(24)25/h3-9,11-13,17-19,21-23H,2,10,14-16H2,1H3,(H,24,25)/b4-3+,9-5-,11-8+,12-6+,13-7-/i5D,7D,9D,13D. The molecule has 0 fully saturated rings. The van der Waals surface area contributed by atoms with Gasteiger partial charge in [0.1, 0.15) is 0 Å². The van der Waals surface area contributed by atoms with Crippen LogP contribution in [0.1, 0.15) is 44.5 Å². The van der Waals surface area contributed by atoms with Crippen molar-refractivity contribution in [3.05, 3.63) is 60.7 Å². The molecular weight excluding hydrogens is 320 g/mol. The summed E-state index contributed by atoms with van der Waals surface area (Å²) in [6.07, 6.45) is 5.84. The molecule has 0 aromatic rings. The van der Waals surface area contributed by atoms with Crippen LogP contribution >= 0.6 is 0 Å². The third-order valence-corrected chi connectivity index (χ3v) is 2.98. The molecule has 3 atom stereocenters. The van der Waals surface area contributed by atoms with E-state index < -0.39 is 24.3 Å². The Balaban J connectivity index is 4.69. The van der Waals surface area contributed by atoms with Gasteiger partial charge in [0, 0.05) is 6.42 Å². The minimum atomic E-state index is -1.22. The first-order valence-electron chi connectivity index (χ1n) is 10.2. The largest absolute Gasteiger partial charge is 0.481 e. The van der Waals surface area contributed by atoms with Crippen LogP contribution < -0.4 is 0 Å². The maximum absolute atomic E-state index is 10.4. The van der Waals surface area contributed by atoms with Crippen LogP contribution in [0.3, 0.4) is 0 Å². The van der Waals surface area contributed by atoms with Crippen molar-refractivity contribution in [1.82, 2.24) is 0 Å². The summed E-state index contributed by atoms with van der Waals surface area (Å²) in [5, 5.41) is 37.6. The Morgan fingerprint density at radius 3 is 2.40 bits per heavy atom. The number of carboxylic acids is 1. The molecule has 0 saturated carbocycles. The molecule has 25 heavy (non-hydrogen) atoms. The number of rotatable bonds is 13. The molecule has 5 heteroatoms. The molecule has 0 aliphatic rings. The van der Waals surface area contributed by atoms with Gasteiger partial charge in [0.25, 0.3) is 0 Å². The van der Waals surface area contributed by atoms with Crippen molar-refractivity contribution in [2.75, 3.05) is 0 Å². The number of allylic oxidation sites excluding steroid dienone is 6. The highest BCUT2D eigenvalue weighted by molar-refractivity contribution is 5.66. The molecule has 0 radical (unpaired) electrons. The van der Waals surface area contributed by atoms with Crippen LogP contribution in [0.4, 0.5) is 0 Å². The number of hydrogen-bond acceptors (Lipinski definition) is 4. The predicted octanol–water partition coefficient (Wildman–Crippen LogP) is 2.91. The van der Waals surface area contributed by atoms with Gasteiger partial charge < -0.3 is 20.4 Å². The lowest BCUT2D eigenvalue weighted by Crippen LogP contribution is -2.03. The van der Waals surface area contributed by atoms with Crippen LogP contribution in [-0.4, -0.2) is 44.7 Å². The molecule has 4 N–H and O–H groups in total. The number of carboxylic acid groups (broad SMARTS) is 1. The van der Waals surface area contributed by atoms with E-state index in [0.717, 1.165) is 0 Å². The predicted molar refractivity (Wildman–Crippen MR) is 100 cm³/mol. The summed E-state index contributed by atoms with van der Waals surface area (Å²) in [4.78, 5) is 10.4. The molecule has 140 valence electrons. The SMILES string of the molecule is [2H]C(/C=C/C(O)CC)=C(\[2H])CC(O)/C=C/C=C/C([2H])=C(/[2H])C(O)CCCC(=O)O. The lowest BCUT2D eigenvalue weighted by atomic mass is 10.1. The van der Waals surface area contributed by atoms with Crippen molar-refractivity contribution in [3.8, 4) is 0 Å². The zero-order valence-electron chi connectivity index (χ0n) is 18.4. The Morgan fingerprint density at radius 1 is 1.00 bits per heavy atom. The van der Waals surface area contributed by atoms with Crippen molar-refractivity contribution in [1.29, 1.82) is 0 Å². The summed E-state index contributed by atoms with van der Waals surface area (Å²) in [6.45, 7) is 1.79. The molecule has 0 aromatic carbocycles. The van der Waals surface area contributed by atoms with Gasteiger partial charge in [-0.1, -0.05) is 67.6 Å². The fraction of sp³-hybridized carbons (Fsp3) is 0.450. The van der Waals surface area contributed by atoms with Crippen molar-refractivity contribution in [3.63, 3.8) is 0 Å². The lowest BCUT2D eigenvalue weighted by Gasteiger charge is -2.02. The van der Waals surface area contributed by atoms with E-state index in [2.05, 4.69) is 0 Å². The number of aliphatic carboxylic acids is 1. The molecule has 0 aliphatic heterocycles. The van der Waals surface area contributed by atoms with E-state index in [-0.39, 0.29) is 49.9 Å². The van der Waals surface area contributed by atoms with E-state index in [4.69, 9.17) is 10.6 Å². The number of aliphatic hydroxyl groups excluding tert-OH is 3. The Bertz CT molecular complexity index is 668. The normalized spacial score (nSPS) is 20.5. The maximum atomic E-state index is 10.4. The van der Waals surface area contributed by atoms with E-state index in [1.54, 1.807) is 6.92 Å². The Morgan fingerprint density at radius 2 is 1.72 bits per heavy atom. The first-order valence-corrected chi connectivity index (χ1v) is 8.21. The molecule has 0 bridgehead atoms. The highest BCUT2D eigenvalue weighted by Gasteiger charge is 2.01. The van der Waals surface area contributed by atoms with Crippen LogP contribution in [0.5, 0.6) is 0 Å². The minimum Gasteiger partial charge on any atom is -0.481 e. The summed E-state index contributed by atoms with van der Waals surface area (Å²) in [5.74, 6) is -0.986. The second-order valence-electron chi connectivity index (χ2n) is 5.26. The second-order valence-corrected chi connectivity index (χ2v) is 5.26. The molecule has 0 saturated heterocycles. The fourth-order valence-electron chi connectivity index (χ4n) is 1.54. The number of hydrogen-bond donors (Lipinski definition) is 4. The highest BCUT2D eigenvalue weighted by Crippen LogP contribution is 2.02. The Hall–Kier alpha value is -1.95. The van der Waals surface area contributed by atoms with Crippen LogP contribution in [0.2, 0.25) is 0 Å². The van der Waals surface area contributed by atoms with Gasteiger partial charge in [-0.05, 0) is 25.7 Å². The molecule has 0 heterocycles. The monoisotopic (exact) mass is 354 g/mol. The molecule has 0 amide bonds. The van der Waals surface area contributed by atoms with Crippen molar-refractivity contribution in [2.45, 2.75) is 57.3 Å². The fourth-order valence-corrected chi connectivity index (χ4v) is 1.54. The van der Waals surface area contributed by atoms with Gasteiger partial charge in [0.05, 0.1) is 23.8 Å². The van der Waals surface area contributed by atoms with Crippen molar-refractivity contribution in [2.24, 2.45) is 0 Å². The summed E-state index contributed by atoms with van der Waals surface area (Å²) >= 11 is 0. The summed E-state index contributed by atoms with van der Waals surface area (Å²) < 4.78 is 30.9. The summed E-state index contributed by atoms with van der Waals surface area (Å²) in [6, 6.07) is -0.754. The van der Waals surface area contributed by atoms with Gasteiger partial charge >= 0.3 is 5.97 Å². The summed E-state index contributed by atoms with van der Waals surface area (Å²) in [7, 11) is 0. The molecule has 3 unspecified atom stereocenters. The quantitative estimate of drug-likeness (QED) is 0.381. The van der Waals surface area contributed by atoms with Gasteiger partial charge in [-0.15, -0.1) is 0 Å². The van der Waals surface area contributed by atoms with Crippen LogP contribution in [0.15, 0.2) is 60.7 Å². The van der Waals surface area contributed by atoms with Crippen LogP contribution in [-0.2, 0) is 4.79 Å². The molecule has 0 spiro atoms. The first-order chi connectivity index (χ1) is 13.6. The number of aliphatic hydroxyl groups is 3. The maximum Gasteiger partial charge on any atom is 0.303 e. The van der Waals surface area contributed by atoms with E-state index in [0.29, 0.717) is 6.42 Å². The molecule has 5 nitrogen and oxygen atoms in total. The zero-order chi connectivity index (χ0) is 22.4.